The lowest BCUT2D eigenvalue weighted by Crippen LogP contribution is -2.44. The highest BCUT2D eigenvalue weighted by Gasteiger charge is 2.31. The Morgan fingerprint density at radius 2 is 2.10 bits per heavy atom. The van der Waals surface area contributed by atoms with Gasteiger partial charge in [0.15, 0.2) is 0 Å². The average Bonchev–Trinajstić information content (AvgIpc) is 2.58. The van der Waals surface area contributed by atoms with Gasteiger partial charge >= 0.3 is 12.0 Å². The van der Waals surface area contributed by atoms with Gasteiger partial charge in [-0.3, -0.25) is 4.79 Å². The summed E-state index contributed by atoms with van der Waals surface area (Å²) in [6.45, 7) is 3.14. The smallest absolute Gasteiger partial charge is 0.317 e. The SMILES string of the molecule is O=C(O)CCCNC(=O)N1CCOCC(C2CCC2)C1. The number of carbonyl (C=O) groups is 2. The van der Waals surface area contributed by atoms with Gasteiger partial charge in [-0.1, -0.05) is 19.3 Å². The molecule has 6 nitrogen and oxygen atoms in total. The molecule has 1 saturated heterocycles. The monoisotopic (exact) mass is 284 g/mol. The number of hydrogen-bond acceptors (Lipinski definition) is 3. The third-order valence-corrected chi connectivity index (χ3v) is 4.24. The van der Waals surface area contributed by atoms with Crippen molar-refractivity contribution >= 4 is 12.0 Å². The van der Waals surface area contributed by atoms with Gasteiger partial charge in [0, 0.05) is 32.0 Å². The minimum atomic E-state index is -0.826. The van der Waals surface area contributed by atoms with Crippen molar-refractivity contribution in [1.82, 2.24) is 10.2 Å². The van der Waals surface area contributed by atoms with Crippen LogP contribution in [-0.4, -0.2) is 54.9 Å². The number of carbonyl (C=O) groups excluding carboxylic acids is 1. The first kappa shape index (κ1) is 15.1. The minimum absolute atomic E-state index is 0.0914. The third-order valence-electron chi connectivity index (χ3n) is 4.24. The first-order valence-corrected chi connectivity index (χ1v) is 7.49. The highest BCUT2D eigenvalue weighted by atomic mass is 16.5. The van der Waals surface area contributed by atoms with Crippen molar-refractivity contribution in [2.75, 3.05) is 32.8 Å². The van der Waals surface area contributed by atoms with Gasteiger partial charge in [0.2, 0.25) is 0 Å². The van der Waals surface area contributed by atoms with Crippen molar-refractivity contribution in [3.05, 3.63) is 0 Å². The van der Waals surface area contributed by atoms with Gasteiger partial charge in [0.1, 0.15) is 0 Å². The molecule has 1 unspecified atom stereocenters. The van der Waals surface area contributed by atoms with E-state index in [1.807, 2.05) is 4.90 Å². The van der Waals surface area contributed by atoms with E-state index in [1.54, 1.807) is 0 Å². The van der Waals surface area contributed by atoms with E-state index in [9.17, 15) is 9.59 Å². The Morgan fingerprint density at radius 3 is 2.75 bits per heavy atom. The molecule has 6 heteroatoms. The molecule has 0 aromatic carbocycles. The Kier molecular flexibility index (Phi) is 5.64. The number of amides is 2. The van der Waals surface area contributed by atoms with Crippen LogP contribution >= 0.6 is 0 Å². The molecule has 0 radical (unpaired) electrons. The maximum Gasteiger partial charge on any atom is 0.317 e. The molecule has 0 aromatic rings. The predicted octanol–water partition coefficient (Wildman–Crippen LogP) is 1.31. The summed E-state index contributed by atoms with van der Waals surface area (Å²) in [6, 6.07) is -0.0924. The molecule has 20 heavy (non-hydrogen) atoms. The van der Waals surface area contributed by atoms with Crippen LogP contribution in [0.25, 0.3) is 0 Å². The van der Waals surface area contributed by atoms with Crippen LogP contribution in [0.2, 0.25) is 0 Å². The summed E-state index contributed by atoms with van der Waals surface area (Å²) in [4.78, 5) is 24.3. The molecule has 1 atom stereocenters. The number of nitrogens with one attached hydrogen (secondary N) is 1. The Bertz CT molecular complexity index is 344. The van der Waals surface area contributed by atoms with Crippen molar-refractivity contribution < 1.29 is 19.4 Å². The molecule has 0 spiro atoms. The number of ether oxygens (including phenoxy) is 1. The van der Waals surface area contributed by atoms with E-state index >= 15 is 0 Å². The van der Waals surface area contributed by atoms with Crippen LogP contribution in [0.15, 0.2) is 0 Å². The number of urea groups is 1. The average molecular weight is 284 g/mol. The number of carboxylic acids is 1. The second-order valence-corrected chi connectivity index (χ2v) is 5.70. The van der Waals surface area contributed by atoms with Gasteiger partial charge in [-0.25, -0.2) is 4.79 Å². The quantitative estimate of drug-likeness (QED) is 0.746. The van der Waals surface area contributed by atoms with E-state index in [0.29, 0.717) is 38.0 Å². The van der Waals surface area contributed by atoms with Gasteiger partial charge in [0.05, 0.1) is 13.2 Å². The van der Waals surface area contributed by atoms with Crippen molar-refractivity contribution in [2.24, 2.45) is 11.8 Å². The summed E-state index contributed by atoms with van der Waals surface area (Å²) in [5.41, 5.74) is 0. The molecular formula is C14H24N2O4. The molecule has 2 fully saturated rings. The van der Waals surface area contributed by atoms with Crippen molar-refractivity contribution in [2.45, 2.75) is 32.1 Å². The zero-order valence-corrected chi connectivity index (χ0v) is 11.8. The number of nitrogens with zero attached hydrogens (tertiary/aromatic N) is 1. The van der Waals surface area contributed by atoms with Crippen molar-refractivity contribution in [3.63, 3.8) is 0 Å². The first-order chi connectivity index (χ1) is 9.66. The van der Waals surface area contributed by atoms with Crippen LogP contribution in [-0.2, 0) is 9.53 Å². The van der Waals surface area contributed by atoms with E-state index in [4.69, 9.17) is 9.84 Å². The van der Waals surface area contributed by atoms with Crippen LogP contribution in [0.3, 0.4) is 0 Å². The molecule has 2 N–H and O–H groups in total. The van der Waals surface area contributed by atoms with E-state index in [0.717, 1.165) is 13.2 Å². The van der Waals surface area contributed by atoms with Gasteiger partial charge in [-0.2, -0.15) is 0 Å². The normalized spacial score (nSPS) is 23.8. The van der Waals surface area contributed by atoms with Crippen LogP contribution in [0.1, 0.15) is 32.1 Å². The van der Waals surface area contributed by atoms with Gasteiger partial charge in [-0.05, 0) is 12.3 Å². The fourth-order valence-corrected chi connectivity index (χ4v) is 2.76. The maximum atomic E-state index is 12.1. The fraction of sp³-hybridized carbons (Fsp3) is 0.857. The lowest BCUT2D eigenvalue weighted by molar-refractivity contribution is -0.137. The van der Waals surface area contributed by atoms with Crippen molar-refractivity contribution in [3.8, 4) is 0 Å². The summed E-state index contributed by atoms with van der Waals surface area (Å²) in [5, 5.41) is 11.4. The van der Waals surface area contributed by atoms with E-state index in [2.05, 4.69) is 5.32 Å². The molecule has 114 valence electrons. The summed E-state index contributed by atoms with van der Waals surface area (Å²) in [5.74, 6) is 0.332. The number of carboxylic acid groups (broad SMARTS) is 1. The molecule has 2 rings (SSSR count). The summed E-state index contributed by atoms with van der Waals surface area (Å²) in [7, 11) is 0. The Morgan fingerprint density at radius 1 is 1.30 bits per heavy atom. The van der Waals surface area contributed by atoms with E-state index < -0.39 is 5.97 Å². The van der Waals surface area contributed by atoms with Crippen LogP contribution in [0.5, 0.6) is 0 Å². The number of rotatable bonds is 5. The zero-order chi connectivity index (χ0) is 14.4. The molecule has 1 heterocycles. The largest absolute Gasteiger partial charge is 0.481 e. The molecule has 1 aliphatic carbocycles. The first-order valence-electron chi connectivity index (χ1n) is 7.49. The Hall–Kier alpha value is -1.30. The molecular weight excluding hydrogens is 260 g/mol. The predicted molar refractivity (Wildman–Crippen MR) is 73.5 cm³/mol. The molecule has 0 aromatic heterocycles. The lowest BCUT2D eigenvalue weighted by Gasteiger charge is -2.34. The second-order valence-electron chi connectivity index (χ2n) is 5.70. The second kappa shape index (κ2) is 7.47. The van der Waals surface area contributed by atoms with Crippen LogP contribution < -0.4 is 5.32 Å². The molecule has 1 saturated carbocycles. The Labute approximate surface area is 119 Å². The molecule has 2 aliphatic rings. The highest BCUT2D eigenvalue weighted by molar-refractivity contribution is 5.74. The lowest BCUT2D eigenvalue weighted by atomic mass is 9.76. The van der Waals surface area contributed by atoms with E-state index in [-0.39, 0.29) is 12.5 Å². The Balaban J connectivity index is 1.73. The van der Waals surface area contributed by atoms with Crippen LogP contribution in [0, 0.1) is 11.8 Å². The summed E-state index contributed by atoms with van der Waals surface area (Å²) in [6.07, 6.45) is 4.36. The van der Waals surface area contributed by atoms with Crippen LogP contribution in [0.4, 0.5) is 4.79 Å². The van der Waals surface area contributed by atoms with Gasteiger partial charge in [-0.15, -0.1) is 0 Å². The third kappa shape index (κ3) is 4.37. The highest BCUT2D eigenvalue weighted by Crippen LogP contribution is 2.34. The molecule has 1 aliphatic heterocycles. The zero-order valence-electron chi connectivity index (χ0n) is 11.8. The summed E-state index contributed by atoms with van der Waals surface area (Å²) >= 11 is 0. The number of aliphatic carboxylic acids is 1. The standard InChI is InChI=1S/C14H24N2O4/c17-13(18)5-2-6-15-14(19)16-7-8-20-10-12(9-16)11-3-1-4-11/h11-12H,1-10H2,(H,15,19)(H,17,18). The van der Waals surface area contributed by atoms with Gasteiger partial charge < -0.3 is 20.1 Å². The van der Waals surface area contributed by atoms with Gasteiger partial charge in [0.25, 0.3) is 0 Å². The number of hydrogen-bond donors (Lipinski definition) is 2. The van der Waals surface area contributed by atoms with E-state index in [1.165, 1.54) is 19.3 Å². The molecule has 0 bridgehead atoms. The summed E-state index contributed by atoms with van der Waals surface area (Å²) < 4.78 is 5.60. The minimum Gasteiger partial charge on any atom is -0.481 e. The maximum absolute atomic E-state index is 12.1. The van der Waals surface area contributed by atoms with Crippen molar-refractivity contribution in [1.29, 1.82) is 0 Å². The topological polar surface area (TPSA) is 78.9 Å². The fourth-order valence-electron chi connectivity index (χ4n) is 2.76. The molecule has 2 amide bonds.